The third kappa shape index (κ3) is 2.98. The minimum absolute atomic E-state index is 0. The van der Waals surface area contributed by atoms with Crippen LogP contribution < -0.4 is 10.6 Å². The second-order valence-electron chi connectivity index (χ2n) is 5.67. The molecule has 4 nitrogen and oxygen atoms in total. The number of hydrogen-bond acceptors (Lipinski definition) is 3. The Kier molecular flexibility index (Phi) is 4.87. The predicted octanol–water partition coefficient (Wildman–Crippen LogP) is 0.476. The topological polar surface area (TPSA) is 44.4 Å². The van der Waals surface area contributed by atoms with Gasteiger partial charge in [-0.3, -0.25) is 9.69 Å². The van der Waals surface area contributed by atoms with Crippen LogP contribution in [-0.4, -0.2) is 50.1 Å². The van der Waals surface area contributed by atoms with E-state index in [0.717, 1.165) is 51.1 Å². The molecular weight excluding hydrogens is 250 g/mol. The van der Waals surface area contributed by atoms with Crippen LogP contribution in [0.15, 0.2) is 0 Å². The quantitative estimate of drug-likeness (QED) is 0.783. The summed E-state index contributed by atoms with van der Waals surface area (Å²) in [7, 11) is 0. The molecule has 1 amide bonds. The molecule has 0 aromatic rings. The van der Waals surface area contributed by atoms with Crippen molar-refractivity contribution >= 4 is 18.3 Å². The number of fused-ring (bicyclic) bond motifs is 1. The summed E-state index contributed by atoms with van der Waals surface area (Å²) in [6.45, 7) is 6.24. The van der Waals surface area contributed by atoms with E-state index in [-0.39, 0.29) is 12.4 Å². The zero-order valence-electron chi connectivity index (χ0n) is 10.9. The van der Waals surface area contributed by atoms with Gasteiger partial charge in [0.25, 0.3) is 0 Å². The number of hydrogen-bond donors (Lipinski definition) is 2. The van der Waals surface area contributed by atoms with E-state index in [2.05, 4.69) is 15.5 Å². The molecule has 0 spiro atoms. The molecule has 104 valence electrons. The summed E-state index contributed by atoms with van der Waals surface area (Å²) in [5, 5.41) is 6.46. The molecule has 3 rings (SSSR count). The first kappa shape index (κ1) is 14.1. The van der Waals surface area contributed by atoms with Crippen LogP contribution in [0.2, 0.25) is 0 Å². The van der Waals surface area contributed by atoms with E-state index in [4.69, 9.17) is 0 Å². The Morgan fingerprint density at radius 3 is 2.56 bits per heavy atom. The van der Waals surface area contributed by atoms with E-state index in [1.165, 1.54) is 19.3 Å². The van der Waals surface area contributed by atoms with Gasteiger partial charge < -0.3 is 10.6 Å². The van der Waals surface area contributed by atoms with E-state index in [1.54, 1.807) is 0 Å². The highest BCUT2D eigenvalue weighted by atomic mass is 35.5. The molecule has 0 aromatic carbocycles. The summed E-state index contributed by atoms with van der Waals surface area (Å²) < 4.78 is 0. The maximum Gasteiger partial charge on any atom is 0.223 e. The van der Waals surface area contributed by atoms with E-state index in [1.807, 2.05) is 0 Å². The molecule has 5 heteroatoms. The Morgan fingerprint density at radius 1 is 1.22 bits per heavy atom. The molecule has 2 aliphatic carbocycles. The molecule has 0 radical (unpaired) electrons. The predicted molar refractivity (Wildman–Crippen MR) is 73.9 cm³/mol. The van der Waals surface area contributed by atoms with Crippen LogP contribution in [0.25, 0.3) is 0 Å². The zero-order chi connectivity index (χ0) is 11.7. The van der Waals surface area contributed by atoms with Crippen LogP contribution in [0.4, 0.5) is 0 Å². The fourth-order valence-electron chi connectivity index (χ4n) is 3.60. The van der Waals surface area contributed by atoms with Crippen LogP contribution >= 0.6 is 12.4 Å². The molecular formula is C13H24ClN3O. The number of carbonyl (C=O) groups excluding carboxylic acids is 1. The Bertz CT molecular complexity index is 284. The van der Waals surface area contributed by atoms with Crippen molar-refractivity contribution in [3.63, 3.8) is 0 Å². The minimum Gasteiger partial charge on any atom is -0.355 e. The lowest BCUT2D eigenvalue weighted by atomic mass is 10.1. The average Bonchev–Trinajstić information content (AvgIpc) is 2.84. The highest BCUT2D eigenvalue weighted by Crippen LogP contribution is 2.57. The van der Waals surface area contributed by atoms with Gasteiger partial charge in [-0.25, -0.2) is 0 Å². The average molecular weight is 274 g/mol. The van der Waals surface area contributed by atoms with Crippen molar-refractivity contribution < 1.29 is 4.79 Å². The summed E-state index contributed by atoms with van der Waals surface area (Å²) in [4.78, 5) is 14.3. The Balaban J connectivity index is 0.00000120. The normalized spacial score (nSPS) is 34.6. The van der Waals surface area contributed by atoms with Crippen LogP contribution in [0.1, 0.15) is 19.3 Å². The van der Waals surface area contributed by atoms with Crippen molar-refractivity contribution in [2.75, 3.05) is 39.3 Å². The molecule has 1 saturated heterocycles. The maximum absolute atomic E-state index is 11.9. The van der Waals surface area contributed by atoms with Crippen molar-refractivity contribution in [1.29, 1.82) is 0 Å². The van der Waals surface area contributed by atoms with Crippen LogP contribution in [0, 0.1) is 17.8 Å². The van der Waals surface area contributed by atoms with Gasteiger partial charge in [0.1, 0.15) is 0 Å². The van der Waals surface area contributed by atoms with Gasteiger partial charge in [-0.05, 0) is 24.7 Å². The smallest absolute Gasteiger partial charge is 0.223 e. The molecule has 2 atom stereocenters. The van der Waals surface area contributed by atoms with Crippen molar-refractivity contribution in [1.82, 2.24) is 15.5 Å². The fourth-order valence-corrected chi connectivity index (χ4v) is 3.60. The summed E-state index contributed by atoms with van der Waals surface area (Å²) in [5.74, 6) is 2.20. The molecule has 3 aliphatic rings. The molecule has 1 heterocycles. The van der Waals surface area contributed by atoms with Gasteiger partial charge in [0.2, 0.25) is 5.91 Å². The largest absolute Gasteiger partial charge is 0.355 e. The summed E-state index contributed by atoms with van der Waals surface area (Å²) in [6, 6.07) is 0. The molecule has 0 aromatic heterocycles. The Morgan fingerprint density at radius 2 is 1.89 bits per heavy atom. The minimum atomic E-state index is 0. The van der Waals surface area contributed by atoms with Crippen molar-refractivity contribution in [3.05, 3.63) is 0 Å². The number of nitrogens with one attached hydrogen (secondary N) is 2. The first-order valence-electron chi connectivity index (χ1n) is 7.07. The van der Waals surface area contributed by atoms with Gasteiger partial charge in [0.15, 0.2) is 0 Å². The van der Waals surface area contributed by atoms with Crippen molar-refractivity contribution in [3.8, 4) is 0 Å². The monoisotopic (exact) mass is 273 g/mol. The zero-order valence-corrected chi connectivity index (χ0v) is 11.7. The highest BCUT2D eigenvalue weighted by Gasteiger charge is 2.56. The van der Waals surface area contributed by atoms with E-state index in [9.17, 15) is 4.79 Å². The molecule has 2 saturated carbocycles. The van der Waals surface area contributed by atoms with Gasteiger partial charge in [-0.1, -0.05) is 6.42 Å². The van der Waals surface area contributed by atoms with Gasteiger partial charge >= 0.3 is 0 Å². The summed E-state index contributed by atoms with van der Waals surface area (Å²) in [5.41, 5.74) is 0. The van der Waals surface area contributed by atoms with E-state index >= 15 is 0 Å². The van der Waals surface area contributed by atoms with Crippen LogP contribution in [0.3, 0.4) is 0 Å². The van der Waals surface area contributed by atoms with Gasteiger partial charge in [0.05, 0.1) is 0 Å². The molecule has 2 N–H and O–H groups in total. The number of piperazine rings is 1. The molecule has 18 heavy (non-hydrogen) atoms. The summed E-state index contributed by atoms with van der Waals surface area (Å²) >= 11 is 0. The number of halogens is 1. The molecule has 0 bridgehead atoms. The highest BCUT2D eigenvalue weighted by molar-refractivity contribution is 5.85. The first-order valence-corrected chi connectivity index (χ1v) is 7.07. The maximum atomic E-state index is 11.9. The lowest BCUT2D eigenvalue weighted by molar-refractivity contribution is -0.123. The number of carbonyl (C=O) groups is 1. The lowest BCUT2D eigenvalue weighted by Crippen LogP contribution is -2.46. The van der Waals surface area contributed by atoms with Gasteiger partial charge in [0, 0.05) is 45.2 Å². The van der Waals surface area contributed by atoms with Crippen LogP contribution in [0.5, 0.6) is 0 Å². The first-order chi connectivity index (χ1) is 8.36. The fraction of sp³-hybridized carbons (Fsp3) is 0.923. The van der Waals surface area contributed by atoms with Crippen LogP contribution in [-0.2, 0) is 4.79 Å². The number of nitrogens with zero attached hydrogens (tertiary/aromatic N) is 1. The lowest BCUT2D eigenvalue weighted by Gasteiger charge is -2.27. The van der Waals surface area contributed by atoms with E-state index < -0.39 is 0 Å². The Hall–Kier alpha value is -0.320. The van der Waals surface area contributed by atoms with Gasteiger partial charge in [-0.15, -0.1) is 12.4 Å². The third-order valence-electron chi connectivity index (χ3n) is 4.65. The molecule has 1 aliphatic heterocycles. The SMILES string of the molecule is Cl.O=C(NCCN1CCNCC1)C1C2CCCC21. The molecule has 3 fully saturated rings. The van der Waals surface area contributed by atoms with E-state index in [0.29, 0.717) is 11.8 Å². The second kappa shape index (κ2) is 6.22. The van der Waals surface area contributed by atoms with Gasteiger partial charge in [-0.2, -0.15) is 0 Å². The second-order valence-corrected chi connectivity index (χ2v) is 5.67. The standard InChI is InChI=1S/C13H23N3O.ClH/c17-13(12-10-2-1-3-11(10)12)15-6-9-16-7-4-14-5-8-16;/h10-12,14H,1-9H2,(H,15,17);1H. The third-order valence-corrected chi connectivity index (χ3v) is 4.65. The number of rotatable bonds is 4. The Labute approximate surface area is 115 Å². The van der Waals surface area contributed by atoms with Crippen molar-refractivity contribution in [2.24, 2.45) is 17.8 Å². The molecule has 2 unspecified atom stereocenters. The number of amides is 1. The summed E-state index contributed by atoms with van der Waals surface area (Å²) in [6.07, 6.45) is 3.93. The van der Waals surface area contributed by atoms with Crippen molar-refractivity contribution in [2.45, 2.75) is 19.3 Å².